The lowest BCUT2D eigenvalue weighted by Gasteiger charge is -2.18. The summed E-state index contributed by atoms with van der Waals surface area (Å²) in [4.78, 5) is 29.4. The van der Waals surface area contributed by atoms with E-state index < -0.39 is 11.9 Å². The maximum Gasteiger partial charge on any atom is 0.308 e. The predicted octanol–water partition coefficient (Wildman–Crippen LogP) is 2.27. The molecule has 1 amide bonds. The molecule has 1 atom stereocenters. The van der Waals surface area contributed by atoms with Crippen molar-refractivity contribution in [2.75, 3.05) is 13.1 Å². The Hall–Kier alpha value is -2.41. The van der Waals surface area contributed by atoms with Gasteiger partial charge in [0.25, 0.3) is 5.91 Å². The minimum Gasteiger partial charge on any atom is -0.486 e. The van der Waals surface area contributed by atoms with Gasteiger partial charge in [0.2, 0.25) is 0 Å². The smallest absolute Gasteiger partial charge is 0.308 e. The topological polar surface area (TPSA) is 79.7 Å². The Bertz CT molecular complexity index is 702. The van der Waals surface area contributed by atoms with Crippen LogP contribution in [0.15, 0.2) is 35.2 Å². The van der Waals surface area contributed by atoms with E-state index in [0.717, 1.165) is 5.69 Å². The van der Waals surface area contributed by atoms with Gasteiger partial charge in [-0.2, -0.15) is 0 Å². The van der Waals surface area contributed by atoms with Crippen LogP contribution >= 0.6 is 11.3 Å². The molecule has 1 fully saturated rings. The van der Waals surface area contributed by atoms with Gasteiger partial charge in [-0.25, -0.2) is 4.98 Å². The number of carboxylic acids is 1. The molecule has 120 valence electrons. The van der Waals surface area contributed by atoms with Crippen LogP contribution in [0.2, 0.25) is 0 Å². The van der Waals surface area contributed by atoms with Crippen molar-refractivity contribution in [2.45, 2.75) is 13.0 Å². The van der Waals surface area contributed by atoms with Crippen molar-refractivity contribution in [3.8, 4) is 5.75 Å². The van der Waals surface area contributed by atoms with Crippen molar-refractivity contribution >= 4 is 23.2 Å². The van der Waals surface area contributed by atoms with Crippen molar-refractivity contribution in [3.05, 3.63) is 46.4 Å². The van der Waals surface area contributed by atoms with Gasteiger partial charge in [0.15, 0.2) is 0 Å². The Kier molecular flexibility index (Phi) is 4.57. The van der Waals surface area contributed by atoms with Gasteiger partial charge in [-0.3, -0.25) is 9.59 Å². The molecular weight excluding hydrogens is 316 g/mol. The van der Waals surface area contributed by atoms with E-state index in [4.69, 9.17) is 9.84 Å². The van der Waals surface area contributed by atoms with Crippen LogP contribution in [0.3, 0.4) is 0 Å². The average molecular weight is 332 g/mol. The van der Waals surface area contributed by atoms with Crippen LogP contribution in [0.1, 0.15) is 22.5 Å². The van der Waals surface area contributed by atoms with Gasteiger partial charge >= 0.3 is 5.97 Å². The molecule has 0 spiro atoms. The first kappa shape index (κ1) is 15.5. The highest BCUT2D eigenvalue weighted by Gasteiger charge is 2.32. The van der Waals surface area contributed by atoms with Gasteiger partial charge in [-0.15, -0.1) is 11.3 Å². The highest BCUT2D eigenvalue weighted by Crippen LogP contribution is 2.25. The highest BCUT2D eigenvalue weighted by atomic mass is 32.1. The molecule has 6 nitrogen and oxygen atoms in total. The number of para-hydroxylation sites is 1. The normalized spacial score (nSPS) is 17.2. The standard InChI is InChI=1S/C16H16N2O4S/c19-15(18-6-5-11(7-18)16(20)21)13-3-1-2-4-14(13)22-8-12-9-23-10-17-12/h1-4,9-11H,5-8H2,(H,20,21). The van der Waals surface area contributed by atoms with Crippen molar-refractivity contribution in [1.29, 1.82) is 0 Å². The number of benzene rings is 1. The van der Waals surface area contributed by atoms with E-state index in [0.29, 0.717) is 30.9 Å². The van der Waals surface area contributed by atoms with Crippen LogP contribution < -0.4 is 4.74 Å². The number of nitrogens with zero attached hydrogens (tertiary/aromatic N) is 2. The Morgan fingerprint density at radius 1 is 1.39 bits per heavy atom. The minimum absolute atomic E-state index is 0.192. The van der Waals surface area contributed by atoms with Gasteiger partial charge < -0.3 is 14.7 Å². The van der Waals surface area contributed by atoms with Gasteiger partial charge in [-0.1, -0.05) is 12.1 Å². The number of ether oxygens (including phenoxy) is 1. The first-order valence-corrected chi connectivity index (χ1v) is 8.20. The van der Waals surface area contributed by atoms with E-state index in [1.54, 1.807) is 34.7 Å². The van der Waals surface area contributed by atoms with E-state index in [1.807, 2.05) is 5.38 Å². The molecule has 2 heterocycles. The molecule has 1 unspecified atom stereocenters. The van der Waals surface area contributed by atoms with E-state index in [-0.39, 0.29) is 12.5 Å². The average Bonchev–Trinajstić information content (AvgIpc) is 3.24. The van der Waals surface area contributed by atoms with E-state index in [1.165, 1.54) is 11.3 Å². The Labute approximate surface area is 137 Å². The molecule has 1 aromatic heterocycles. The fourth-order valence-electron chi connectivity index (χ4n) is 2.55. The molecule has 0 saturated carbocycles. The SMILES string of the molecule is O=C(O)C1CCN(C(=O)c2ccccc2OCc2cscn2)C1. The monoisotopic (exact) mass is 332 g/mol. The molecule has 0 radical (unpaired) electrons. The van der Waals surface area contributed by atoms with Gasteiger partial charge in [0.05, 0.1) is 22.7 Å². The summed E-state index contributed by atoms with van der Waals surface area (Å²) >= 11 is 1.49. The van der Waals surface area contributed by atoms with Crippen molar-refractivity contribution in [1.82, 2.24) is 9.88 Å². The van der Waals surface area contributed by atoms with Crippen LogP contribution in [0.5, 0.6) is 5.75 Å². The van der Waals surface area contributed by atoms with Crippen LogP contribution in [-0.4, -0.2) is 40.0 Å². The number of carbonyl (C=O) groups excluding carboxylic acids is 1. The third kappa shape index (κ3) is 3.50. The maximum atomic E-state index is 12.6. The quantitative estimate of drug-likeness (QED) is 0.908. The molecule has 23 heavy (non-hydrogen) atoms. The van der Waals surface area contributed by atoms with E-state index in [9.17, 15) is 9.59 Å². The molecule has 0 aliphatic carbocycles. The van der Waals surface area contributed by atoms with Crippen LogP contribution in [0, 0.1) is 5.92 Å². The van der Waals surface area contributed by atoms with Gasteiger partial charge in [0, 0.05) is 18.5 Å². The molecule has 3 rings (SSSR count). The van der Waals surface area contributed by atoms with Crippen LogP contribution in [0.25, 0.3) is 0 Å². The Morgan fingerprint density at radius 3 is 2.91 bits per heavy atom. The fraction of sp³-hybridized carbons (Fsp3) is 0.312. The molecular formula is C16H16N2O4S. The zero-order chi connectivity index (χ0) is 16.2. The molecule has 2 aromatic rings. The number of carboxylic acid groups (broad SMARTS) is 1. The van der Waals surface area contributed by atoms with Gasteiger partial charge in [-0.05, 0) is 18.6 Å². The number of rotatable bonds is 5. The summed E-state index contributed by atoms with van der Waals surface area (Å²) in [6.45, 7) is 0.996. The summed E-state index contributed by atoms with van der Waals surface area (Å²) < 4.78 is 5.72. The van der Waals surface area contributed by atoms with Gasteiger partial charge in [0.1, 0.15) is 12.4 Å². The molecule has 1 N–H and O–H groups in total. The van der Waals surface area contributed by atoms with Crippen molar-refractivity contribution < 1.29 is 19.4 Å². The van der Waals surface area contributed by atoms with E-state index >= 15 is 0 Å². The third-order valence-corrected chi connectivity index (χ3v) is 4.44. The maximum absolute atomic E-state index is 12.6. The Morgan fingerprint density at radius 2 is 2.22 bits per heavy atom. The summed E-state index contributed by atoms with van der Waals surface area (Å²) in [5, 5.41) is 11.0. The number of hydrogen-bond acceptors (Lipinski definition) is 5. The molecule has 0 bridgehead atoms. The molecule has 1 aliphatic rings. The lowest BCUT2D eigenvalue weighted by molar-refractivity contribution is -0.141. The third-order valence-electron chi connectivity index (χ3n) is 3.80. The van der Waals surface area contributed by atoms with Crippen LogP contribution in [0.4, 0.5) is 0 Å². The predicted molar refractivity (Wildman–Crippen MR) is 84.5 cm³/mol. The number of aliphatic carboxylic acids is 1. The highest BCUT2D eigenvalue weighted by molar-refractivity contribution is 7.07. The second-order valence-electron chi connectivity index (χ2n) is 5.34. The first-order chi connectivity index (χ1) is 11.1. The molecule has 1 saturated heterocycles. The zero-order valence-electron chi connectivity index (χ0n) is 12.3. The summed E-state index contributed by atoms with van der Waals surface area (Å²) in [5.74, 6) is -1.04. The second kappa shape index (κ2) is 6.78. The number of amides is 1. The minimum atomic E-state index is -0.853. The van der Waals surface area contributed by atoms with Crippen molar-refractivity contribution in [2.24, 2.45) is 5.92 Å². The number of aromatic nitrogens is 1. The fourth-order valence-corrected chi connectivity index (χ4v) is 3.09. The summed E-state index contributed by atoms with van der Waals surface area (Å²) in [5.41, 5.74) is 2.99. The second-order valence-corrected chi connectivity index (χ2v) is 6.06. The molecule has 7 heteroatoms. The molecule has 1 aliphatic heterocycles. The summed E-state index contributed by atoms with van der Waals surface area (Å²) in [6.07, 6.45) is 0.489. The molecule has 1 aromatic carbocycles. The van der Waals surface area contributed by atoms with Crippen molar-refractivity contribution in [3.63, 3.8) is 0 Å². The largest absolute Gasteiger partial charge is 0.486 e. The van der Waals surface area contributed by atoms with Crippen LogP contribution in [-0.2, 0) is 11.4 Å². The number of thiazole rings is 1. The van der Waals surface area contributed by atoms with E-state index in [2.05, 4.69) is 4.98 Å². The lowest BCUT2D eigenvalue weighted by atomic mass is 10.1. The number of hydrogen-bond donors (Lipinski definition) is 1. The lowest BCUT2D eigenvalue weighted by Crippen LogP contribution is -2.30. The summed E-state index contributed by atoms with van der Waals surface area (Å²) in [7, 11) is 0. The first-order valence-electron chi connectivity index (χ1n) is 7.26. The number of likely N-dealkylation sites (tertiary alicyclic amines) is 1. The zero-order valence-corrected chi connectivity index (χ0v) is 13.2. The number of carbonyl (C=O) groups is 2. The Balaban J connectivity index is 1.72. The summed E-state index contributed by atoms with van der Waals surface area (Å²) in [6, 6.07) is 7.02.